The van der Waals surface area contributed by atoms with E-state index in [2.05, 4.69) is 23.9 Å². The molecule has 1 aromatic carbocycles. The van der Waals surface area contributed by atoms with Gasteiger partial charge >= 0.3 is 0 Å². The Morgan fingerprint density at radius 1 is 1.25 bits per heavy atom. The number of nitrogens with zero attached hydrogens (tertiary/aromatic N) is 2. The zero-order valence-electron chi connectivity index (χ0n) is 12.7. The fourth-order valence-corrected chi connectivity index (χ4v) is 2.70. The molecule has 0 bridgehead atoms. The molecule has 2 atom stereocenters. The third kappa shape index (κ3) is 3.95. The largest absolute Gasteiger partial charge is 0.494 e. The summed E-state index contributed by atoms with van der Waals surface area (Å²) in [5, 5.41) is 10.4. The normalized spacial score (nSPS) is 22.7. The van der Waals surface area contributed by atoms with Crippen LogP contribution in [0, 0.1) is 0 Å². The second kappa shape index (κ2) is 7.07. The average Bonchev–Trinajstić information content (AvgIpc) is 2.44. The first-order valence-corrected chi connectivity index (χ1v) is 7.39. The van der Waals surface area contributed by atoms with Gasteiger partial charge < -0.3 is 19.6 Å². The lowest BCUT2D eigenvalue weighted by Crippen LogP contribution is -2.50. The lowest BCUT2D eigenvalue weighted by Gasteiger charge is -2.38. The van der Waals surface area contributed by atoms with Gasteiger partial charge in [0.05, 0.1) is 12.7 Å². The number of rotatable bonds is 5. The number of hydrogen-bond acceptors (Lipinski definition) is 4. The highest BCUT2D eigenvalue weighted by Crippen LogP contribution is 2.24. The van der Waals surface area contributed by atoms with Gasteiger partial charge in [0.15, 0.2) is 0 Å². The molecule has 0 aromatic heterocycles. The number of benzene rings is 1. The Morgan fingerprint density at radius 2 is 1.95 bits per heavy atom. The van der Waals surface area contributed by atoms with E-state index in [1.165, 1.54) is 0 Å². The smallest absolute Gasteiger partial charge is 0.119 e. The van der Waals surface area contributed by atoms with Crippen molar-refractivity contribution >= 4 is 0 Å². The lowest BCUT2D eigenvalue weighted by atomic mass is 9.99. The van der Waals surface area contributed by atoms with Gasteiger partial charge in [-0.3, -0.25) is 0 Å². The molecule has 1 aliphatic heterocycles. The van der Waals surface area contributed by atoms with Crippen molar-refractivity contribution in [3.63, 3.8) is 0 Å². The summed E-state index contributed by atoms with van der Waals surface area (Å²) < 4.78 is 5.43. The molecule has 20 heavy (non-hydrogen) atoms. The summed E-state index contributed by atoms with van der Waals surface area (Å²) in [6.07, 6.45) is 0.360. The van der Waals surface area contributed by atoms with E-state index in [9.17, 15) is 5.11 Å². The van der Waals surface area contributed by atoms with Crippen LogP contribution < -0.4 is 4.74 Å². The zero-order valence-corrected chi connectivity index (χ0v) is 12.7. The SMILES string of the molecule is CCOc1ccc(C(O)CC2CN(C)CCN2C)cc1. The second-order valence-corrected chi connectivity index (χ2v) is 5.65. The third-order valence-electron chi connectivity index (χ3n) is 4.05. The van der Waals surface area contributed by atoms with Crippen molar-refractivity contribution in [3.05, 3.63) is 29.8 Å². The van der Waals surface area contributed by atoms with Gasteiger partial charge in [-0.15, -0.1) is 0 Å². The minimum atomic E-state index is -0.412. The fourth-order valence-electron chi connectivity index (χ4n) is 2.70. The predicted molar refractivity (Wildman–Crippen MR) is 81.1 cm³/mol. The average molecular weight is 278 g/mol. The summed E-state index contributed by atoms with van der Waals surface area (Å²) in [5.74, 6) is 0.859. The van der Waals surface area contributed by atoms with Crippen LogP contribution in [0.25, 0.3) is 0 Å². The second-order valence-electron chi connectivity index (χ2n) is 5.65. The Bertz CT molecular complexity index is 407. The van der Waals surface area contributed by atoms with Crippen LogP contribution in [0.15, 0.2) is 24.3 Å². The van der Waals surface area contributed by atoms with Crippen LogP contribution in [0.2, 0.25) is 0 Å². The third-order valence-corrected chi connectivity index (χ3v) is 4.05. The van der Waals surface area contributed by atoms with Crippen molar-refractivity contribution in [1.29, 1.82) is 0 Å². The molecule has 4 heteroatoms. The topological polar surface area (TPSA) is 35.9 Å². The Kier molecular flexibility index (Phi) is 5.40. The summed E-state index contributed by atoms with van der Waals surface area (Å²) in [6, 6.07) is 8.19. The molecule has 1 fully saturated rings. The summed E-state index contributed by atoms with van der Waals surface area (Å²) in [4.78, 5) is 4.67. The quantitative estimate of drug-likeness (QED) is 0.890. The molecular weight excluding hydrogens is 252 g/mol. The molecule has 1 aliphatic rings. The minimum absolute atomic E-state index is 0.412. The number of ether oxygens (including phenoxy) is 1. The van der Waals surface area contributed by atoms with E-state index in [1.807, 2.05) is 31.2 Å². The van der Waals surface area contributed by atoms with Crippen molar-refractivity contribution in [3.8, 4) is 5.75 Å². The number of piperazine rings is 1. The molecule has 1 saturated heterocycles. The molecule has 1 aromatic rings. The molecule has 1 N–H and O–H groups in total. The lowest BCUT2D eigenvalue weighted by molar-refractivity contribution is 0.0634. The molecule has 112 valence electrons. The first kappa shape index (κ1) is 15.3. The molecule has 4 nitrogen and oxygen atoms in total. The predicted octanol–water partition coefficient (Wildman–Crippen LogP) is 1.75. The molecule has 0 spiro atoms. The van der Waals surface area contributed by atoms with Crippen LogP contribution in [0.3, 0.4) is 0 Å². The van der Waals surface area contributed by atoms with E-state index < -0.39 is 6.10 Å². The maximum absolute atomic E-state index is 10.4. The first-order chi connectivity index (χ1) is 9.60. The van der Waals surface area contributed by atoms with Crippen molar-refractivity contribution in [1.82, 2.24) is 9.80 Å². The summed E-state index contributed by atoms with van der Waals surface area (Å²) in [7, 11) is 4.28. The van der Waals surface area contributed by atoms with Crippen LogP contribution >= 0.6 is 0 Å². The highest BCUT2D eigenvalue weighted by molar-refractivity contribution is 5.28. The Morgan fingerprint density at radius 3 is 2.60 bits per heavy atom. The Balaban J connectivity index is 1.94. The molecule has 2 unspecified atom stereocenters. The van der Waals surface area contributed by atoms with E-state index in [4.69, 9.17) is 4.74 Å². The molecule has 0 saturated carbocycles. The van der Waals surface area contributed by atoms with Gasteiger partial charge in [0, 0.05) is 25.7 Å². The highest BCUT2D eigenvalue weighted by atomic mass is 16.5. The number of aliphatic hydroxyl groups is 1. The van der Waals surface area contributed by atoms with Gasteiger partial charge in [-0.05, 0) is 45.1 Å². The van der Waals surface area contributed by atoms with E-state index in [-0.39, 0.29) is 0 Å². The van der Waals surface area contributed by atoms with Crippen LogP contribution in [0.1, 0.15) is 25.0 Å². The summed E-state index contributed by atoms with van der Waals surface area (Å²) in [6.45, 7) is 5.83. The molecule has 2 rings (SSSR count). The summed E-state index contributed by atoms with van der Waals surface area (Å²) >= 11 is 0. The maximum Gasteiger partial charge on any atom is 0.119 e. The first-order valence-electron chi connectivity index (χ1n) is 7.39. The van der Waals surface area contributed by atoms with Crippen LogP contribution in [-0.2, 0) is 0 Å². The molecule has 1 heterocycles. The number of aliphatic hydroxyl groups excluding tert-OH is 1. The minimum Gasteiger partial charge on any atom is -0.494 e. The van der Waals surface area contributed by atoms with Crippen LogP contribution in [0.5, 0.6) is 5.75 Å². The van der Waals surface area contributed by atoms with E-state index >= 15 is 0 Å². The Labute approximate surface area is 122 Å². The number of hydrogen-bond donors (Lipinski definition) is 1. The van der Waals surface area contributed by atoms with E-state index in [1.54, 1.807) is 0 Å². The van der Waals surface area contributed by atoms with Gasteiger partial charge in [0.2, 0.25) is 0 Å². The standard InChI is InChI=1S/C16H26N2O2/c1-4-20-15-7-5-13(6-8-15)16(19)11-14-12-17(2)9-10-18(14)3/h5-8,14,16,19H,4,9-12H2,1-3H3. The van der Waals surface area contributed by atoms with E-state index in [0.717, 1.165) is 37.4 Å². The van der Waals surface area contributed by atoms with Crippen molar-refractivity contribution < 1.29 is 9.84 Å². The van der Waals surface area contributed by atoms with E-state index in [0.29, 0.717) is 12.6 Å². The maximum atomic E-state index is 10.4. The van der Waals surface area contributed by atoms with Crippen molar-refractivity contribution in [2.24, 2.45) is 0 Å². The molecular formula is C16H26N2O2. The van der Waals surface area contributed by atoms with Gasteiger partial charge in [-0.1, -0.05) is 12.1 Å². The highest BCUT2D eigenvalue weighted by Gasteiger charge is 2.25. The number of likely N-dealkylation sites (N-methyl/N-ethyl adjacent to an activating group) is 2. The van der Waals surface area contributed by atoms with Gasteiger partial charge in [0.25, 0.3) is 0 Å². The van der Waals surface area contributed by atoms with Crippen molar-refractivity contribution in [2.75, 3.05) is 40.3 Å². The molecule has 0 aliphatic carbocycles. The monoisotopic (exact) mass is 278 g/mol. The Hall–Kier alpha value is -1.10. The van der Waals surface area contributed by atoms with Crippen molar-refractivity contribution in [2.45, 2.75) is 25.5 Å². The molecule has 0 amide bonds. The zero-order chi connectivity index (χ0) is 14.5. The van der Waals surface area contributed by atoms with Gasteiger partial charge in [-0.25, -0.2) is 0 Å². The fraction of sp³-hybridized carbons (Fsp3) is 0.625. The van der Waals surface area contributed by atoms with Gasteiger partial charge in [-0.2, -0.15) is 0 Å². The molecule has 0 radical (unpaired) electrons. The summed E-state index contributed by atoms with van der Waals surface area (Å²) in [5.41, 5.74) is 0.968. The van der Waals surface area contributed by atoms with Crippen LogP contribution in [0.4, 0.5) is 0 Å². The van der Waals surface area contributed by atoms with Crippen LogP contribution in [-0.4, -0.2) is 61.3 Å². The van der Waals surface area contributed by atoms with Gasteiger partial charge in [0.1, 0.15) is 5.75 Å².